The number of anilines is 1. The second-order valence-corrected chi connectivity index (χ2v) is 6.57. The van der Waals surface area contributed by atoms with Crippen LogP contribution in [0.15, 0.2) is 41.8 Å². The van der Waals surface area contributed by atoms with Gasteiger partial charge in [0.25, 0.3) is 0 Å². The van der Waals surface area contributed by atoms with Gasteiger partial charge in [0.05, 0.1) is 0 Å². The van der Waals surface area contributed by atoms with Gasteiger partial charge in [-0.05, 0) is 43.2 Å². The van der Waals surface area contributed by atoms with E-state index in [2.05, 4.69) is 22.8 Å². The van der Waals surface area contributed by atoms with Crippen molar-refractivity contribution in [3.63, 3.8) is 0 Å². The zero-order chi connectivity index (χ0) is 14.7. The Labute approximate surface area is 129 Å². The lowest BCUT2D eigenvalue weighted by Gasteiger charge is -2.25. The summed E-state index contributed by atoms with van der Waals surface area (Å²) >= 11 is 1.69. The van der Waals surface area contributed by atoms with Crippen LogP contribution in [0, 0.1) is 5.92 Å². The van der Waals surface area contributed by atoms with Crippen molar-refractivity contribution in [3.05, 3.63) is 41.8 Å². The first-order valence-electron chi connectivity index (χ1n) is 7.43. The molecule has 3 rings (SSSR count). The zero-order valence-corrected chi connectivity index (χ0v) is 12.7. The third kappa shape index (κ3) is 3.34. The van der Waals surface area contributed by atoms with Crippen LogP contribution in [0.4, 0.5) is 5.69 Å². The van der Waals surface area contributed by atoms with Gasteiger partial charge in [-0.2, -0.15) is 0 Å². The lowest BCUT2D eigenvalue weighted by molar-refractivity contribution is -0.120. The summed E-state index contributed by atoms with van der Waals surface area (Å²) < 4.78 is 0. The lowest BCUT2D eigenvalue weighted by Crippen LogP contribution is -2.32. The van der Waals surface area contributed by atoms with Crippen molar-refractivity contribution in [3.8, 4) is 10.4 Å². The Hall–Kier alpha value is -1.65. The number of hydrogen-bond acceptors (Lipinski definition) is 3. The first kappa shape index (κ1) is 14.3. The number of benzene rings is 1. The van der Waals surface area contributed by atoms with Crippen LogP contribution in [0.5, 0.6) is 0 Å². The van der Waals surface area contributed by atoms with Crippen LogP contribution in [0.3, 0.4) is 0 Å². The maximum absolute atomic E-state index is 12.4. The Morgan fingerprint density at radius 2 is 1.86 bits per heavy atom. The van der Waals surface area contributed by atoms with Crippen LogP contribution in [0.1, 0.15) is 25.7 Å². The van der Waals surface area contributed by atoms with Crippen LogP contribution >= 0.6 is 11.3 Å². The molecule has 21 heavy (non-hydrogen) atoms. The molecule has 1 saturated carbocycles. The Bertz CT molecular complexity index is 601. The minimum Gasteiger partial charge on any atom is -0.328 e. The number of amides is 1. The second-order valence-electron chi connectivity index (χ2n) is 5.62. The second kappa shape index (κ2) is 6.41. The summed E-state index contributed by atoms with van der Waals surface area (Å²) in [5, 5.41) is 5.16. The Morgan fingerprint density at radius 1 is 1.10 bits per heavy atom. The summed E-state index contributed by atoms with van der Waals surface area (Å²) in [6.07, 6.45) is 3.69. The molecule has 4 heteroatoms. The van der Waals surface area contributed by atoms with Crippen LogP contribution in [-0.2, 0) is 4.79 Å². The summed E-state index contributed by atoms with van der Waals surface area (Å²) in [6.45, 7) is 0. The molecule has 1 heterocycles. The van der Waals surface area contributed by atoms with Crippen molar-refractivity contribution in [1.82, 2.24) is 0 Å². The van der Waals surface area contributed by atoms with E-state index in [0.717, 1.165) is 36.9 Å². The van der Waals surface area contributed by atoms with Crippen LogP contribution < -0.4 is 11.1 Å². The summed E-state index contributed by atoms with van der Waals surface area (Å²) in [7, 11) is 0. The largest absolute Gasteiger partial charge is 0.328 e. The smallest absolute Gasteiger partial charge is 0.227 e. The van der Waals surface area contributed by atoms with Gasteiger partial charge in [0.15, 0.2) is 0 Å². The number of carbonyl (C=O) groups excluding carboxylic acids is 1. The molecule has 1 aromatic heterocycles. The Kier molecular flexibility index (Phi) is 4.36. The first-order valence-corrected chi connectivity index (χ1v) is 8.31. The number of hydrogen-bond donors (Lipinski definition) is 2. The molecule has 2 aromatic rings. The Balaban J connectivity index is 1.75. The minimum absolute atomic E-state index is 0.0983. The standard InChI is InChI=1S/C17H20N2OS/c18-13-9-7-12(8-10-13)17(20)19-15-5-2-1-4-14(15)16-6-3-11-21-16/h1-6,11-13H,7-10,18H2,(H,19,20). The average Bonchev–Trinajstić information content (AvgIpc) is 3.02. The molecule has 1 aromatic carbocycles. The van der Waals surface area contributed by atoms with Crippen molar-refractivity contribution < 1.29 is 4.79 Å². The van der Waals surface area contributed by atoms with E-state index in [4.69, 9.17) is 5.73 Å². The van der Waals surface area contributed by atoms with Gasteiger partial charge in [0.1, 0.15) is 0 Å². The van der Waals surface area contributed by atoms with Gasteiger partial charge >= 0.3 is 0 Å². The van der Waals surface area contributed by atoms with Gasteiger partial charge in [-0.15, -0.1) is 11.3 Å². The van der Waals surface area contributed by atoms with Gasteiger partial charge in [0.2, 0.25) is 5.91 Å². The zero-order valence-electron chi connectivity index (χ0n) is 11.9. The van der Waals surface area contributed by atoms with E-state index in [1.165, 1.54) is 4.88 Å². The predicted molar refractivity (Wildman–Crippen MR) is 88.3 cm³/mol. The fourth-order valence-corrected chi connectivity index (χ4v) is 3.62. The molecule has 1 aliphatic carbocycles. The SMILES string of the molecule is NC1CCC(C(=O)Nc2ccccc2-c2cccs2)CC1. The van der Waals surface area contributed by atoms with E-state index in [0.29, 0.717) is 0 Å². The van der Waals surface area contributed by atoms with Crippen molar-refractivity contribution >= 4 is 22.9 Å². The molecule has 0 unspecified atom stereocenters. The predicted octanol–water partition coefficient (Wildman–Crippen LogP) is 3.87. The van der Waals surface area contributed by atoms with Gasteiger partial charge in [-0.1, -0.05) is 24.3 Å². The molecule has 110 valence electrons. The van der Waals surface area contributed by atoms with Gasteiger partial charge in [-0.25, -0.2) is 0 Å². The number of para-hydroxylation sites is 1. The summed E-state index contributed by atoms with van der Waals surface area (Å²) in [5.74, 6) is 0.229. The van der Waals surface area contributed by atoms with Crippen LogP contribution in [0.2, 0.25) is 0 Å². The molecule has 0 radical (unpaired) electrons. The average molecular weight is 300 g/mol. The number of carbonyl (C=O) groups is 1. The molecular weight excluding hydrogens is 280 g/mol. The molecule has 0 saturated heterocycles. The number of nitrogens with one attached hydrogen (secondary N) is 1. The summed E-state index contributed by atoms with van der Waals surface area (Å²) in [6, 6.07) is 12.4. The number of rotatable bonds is 3. The van der Waals surface area contributed by atoms with Crippen molar-refractivity contribution in [2.45, 2.75) is 31.7 Å². The van der Waals surface area contributed by atoms with Gasteiger partial charge in [-0.3, -0.25) is 4.79 Å². The third-order valence-electron chi connectivity index (χ3n) is 4.11. The van der Waals surface area contributed by atoms with Crippen molar-refractivity contribution in [1.29, 1.82) is 0 Å². The van der Waals surface area contributed by atoms with Gasteiger partial charge < -0.3 is 11.1 Å². The number of thiophene rings is 1. The molecule has 1 aliphatic rings. The molecule has 0 bridgehead atoms. The molecule has 0 spiro atoms. The van der Waals surface area contributed by atoms with Crippen LogP contribution in [0.25, 0.3) is 10.4 Å². The number of nitrogens with two attached hydrogens (primary N) is 1. The normalized spacial score (nSPS) is 22.0. The molecule has 1 fully saturated rings. The molecule has 1 amide bonds. The third-order valence-corrected chi connectivity index (χ3v) is 5.02. The lowest BCUT2D eigenvalue weighted by atomic mass is 9.86. The quantitative estimate of drug-likeness (QED) is 0.904. The van der Waals surface area contributed by atoms with Crippen molar-refractivity contribution in [2.24, 2.45) is 11.7 Å². The van der Waals surface area contributed by atoms with E-state index in [1.54, 1.807) is 11.3 Å². The van der Waals surface area contributed by atoms with E-state index in [9.17, 15) is 4.79 Å². The van der Waals surface area contributed by atoms with Crippen molar-refractivity contribution in [2.75, 3.05) is 5.32 Å². The first-order chi connectivity index (χ1) is 10.2. The van der Waals surface area contributed by atoms with E-state index in [1.807, 2.05) is 24.3 Å². The molecule has 0 atom stereocenters. The van der Waals surface area contributed by atoms with Gasteiger partial charge in [0, 0.05) is 28.1 Å². The highest BCUT2D eigenvalue weighted by Crippen LogP contribution is 2.32. The molecule has 0 aliphatic heterocycles. The van der Waals surface area contributed by atoms with E-state index >= 15 is 0 Å². The molecular formula is C17H20N2OS. The van der Waals surface area contributed by atoms with E-state index < -0.39 is 0 Å². The monoisotopic (exact) mass is 300 g/mol. The highest BCUT2D eigenvalue weighted by Gasteiger charge is 2.25. The fraction of sp³-hybridized carbons (Fsp3) is 0.353. The maximum Gasteiger partial charge on any atom is 0.227 e. The highest BCUT2D eigenvalue weighted by atomic mass is 32.1. The highest BCUT2D eigenvalue weighted by molar-refractivity contribution is 7.13. The summed E-state index contributed by atoms with van der Waals surface area (Å²) in [4.78, 5) is 13.6. The maximum atomic E-state index is 12.4. The van der Waals surface area contributed by atoms with E-state index in [-0.39, 0.29) is 17.9 Å². The topological polar surface area (TPSA) is 55.1 Å². The molecule has 3 nitrogen and oxygen atoms in total. The Morgan fingerprint density at radius 3 is 2.57 bits per heavy atom. The fourth-order valence-electron chi connectivity index (χ4n) is 2.85. The van der Waals surface area contributed by atoms with Crippen LogP contribution in [-0.4, -0.2) is 11.9 Å². The minimum atomic E-state index is 0.0983. The summed E-state index contributed by atoms with van der Waals surface area (Å²) in [5.41, 5.74) is 7.90. The molecule has 3 N–H and O–H groups in total.